The normalized spacial score (nSPS) is 12.0. The van der Waals surface area contributed by atoms with Crippen molar-refractivity contribution in [3.63, 3.8) is 0 Å². The van der Waals surface area contributed by atoms with E-state index in [1.165, 1.54) is 0 Å². The van der Waals surface area contributed by atoms with Crippen molar-refractivity contribution in [3.05, 3.63) is 70.7 Å². The van der Waals surface area contributed by atoms with E-state index in [0.717, 1.165) is 18.5 Å². The average Bonchev–Trinajstić information content (AvgIpc) is 2.64. The van der Waals surface area contributed by atoms with Gasteiger partial charge in [0, 0.05) is 23.6 Å². The van der Waals surface area contributed by atoms with Gasteiger partial charge in [-0.2, -0.15) is 0 Å². The molecule has 2 aromatic rings. The van der Waals surface area contributed by atoms with Crippen molar-refractivity contribution in [2.75, 3.05) is 27.2 Å². The van der Waals surface area contributed by atoms with Gasteiger partial charge in [-0.1, -0.05) is 54.1 Å². The molecule has 0 spiro atoms. The third kappa shape index (κ3) is 6.28. The number of ketones is 1. The predicted octanol–water partition coefficient (Wildman–Crippen LogP) is 3.76. The summed E-state index contributed by atoms with van der Waals surface area (Å²) in [4.78, 5) is 27.4. The Labute approximate surface area is 160 Å². The molecule has 26 heavy (non-hydrogen) atoms. The monoisotopic (exact) mass is 372 g/mol. The van der Waals surface area contributed by atoms with E-state index < -0.39 is 5.92 Å². The summed E-state index contributed by atoms with van der Waals surface area (Å²) in [5.41, 5.74) is 1.41. The van der Waals surface area contributed by atoms with Crippen LogP contribution in [0.2, 0.25) is 5.02 Å². The highest BCUT2D eigenvalue weighted by molar-refractivity contribution is 6.30. The summed E-state index contributed by atoms with van der Waals surface area (Å²) >= 11 is 5.96. The SMILES string of the molecule is CN(C)CCCNC(=O)C(CC(=O)c1ccccc1)c1ccc(Cl)cc1. The fourth-order valence-electron chi connectivity index (χ4n) is 2.71. The number of nitrogens with zero attached hydrogens (tertiary/aromatic N) is 1. The Balaban J connectivity index is 2.10. The molecule has 0 aliphatic heterocycles. The Kier molecular flexibility index (Phi) is 7.82. The molecule has 0 radical (unpaired) electrons. The van der Waals surface area contributed by atoms with Gasteiger partial charge in [-0.3, -0.25) is 9.59 Å². The maximum Gasteiger partial charge on any atom is 0.228 e. The maximum absolute atomic E-state index is 12.7. The molecule has 2 rings (SSSR count). The first-order chi connectivity index (χ1) is 12.5. The Morgan fingerprint density at radius 2 is 1.69 bits per heavy atom. The summed E-state index contributed by atoms with van der Waals surface area (Å²) in [6.07, 6.45) is 0.990. The summed E-state index contributed by atoms with van der Waals surface area (Å²) in [5, 5.41) is 3.56. The van der Waals surface area contributed by atoms with Crippen molar-refractivity contribution in [3.8, 4) is 0 Å². The molecule has 4 nitrogen and oxygen atoms in total. The Morgan fingerprint density at radius 1 is 1.04 bits per heavy atom. The lowest BCUT2D eigenvalue weighted by Gasteiger charge is -2.17. The molecule has 5 heteroatoms. The third-order valence-corrected chi connectivity index (χ3v) is 4.41. The molecular weight excluding hydrogens is 348 g/mol. The van der Waals surface area contributed by atoms with Gasteiger partial charge in [0.05, 0.1) is 5.92 Å². The lowest BCUT2D eigenvalue weighted by Crippen LogP contribution is -2.32. The van der Waals surface area contributed by atoms with Gasteiger partial charge in [0.15, 0.2) is 5.78 Å². The molecule has 1 atom stereocenters. The van der Waals surface area contributed by atoms with E-state index in [2.05, 4.69) is 10.2 Å². The van der Waals surface area contributed by atoms with Crippen LogP contribution in [-0.4, -0.2) is 43.8 Å². The van der Waals surface area contributed by atoms with Gasteiger partial charge in [0.2, 0.25) is 5.91 Å². The fraction of sp³-hybridized carbons (Fsp3) is 0.333. The van der Waals surface area contributed by atoms with Gasteiger partial charge in [-0.25, -0.2) is 0 Å². The lowest BCUT2D eigenvalue weighted by molar-refractivity contribution is -0.122. The molecule has 1 unspecified atom stereocenters. The Bertz CT molecular complexity index is 715. The highest BCUT2D eigenvalue weighted by atomic mass is 35.5. The van der Waals surface area contributed by atoms with Crippen LogP contribution in [0.25, 0.3) is 0 Å². The first kappa shape index (κ1) is 20.1. The zero-order valence-electron chi connectivity index (χ0n) is 15.2. The van der Waals surface area contributed by atoms with Gasteiger partial charge >= 0.3 is 0 Å². The molecule has 0 fully saturated rings. The molecule has 1 N–H and O–H groups in total. The van der Waals surface area contributed by atoms with Gasteiger partial charge in [0.1, 0.15) is 0 Å². The number of hydrogen-bond donors (Lipinski definition) is 1. The number of Topliss-reactive ketones (excluding diaryl/α,β-unsaturated/α-hetero) is 1. The maximum atomic E-state index is 12.7. The number of halogens is 1. The summed E-state index contributed by atoms with van der Waals surface area (Å²) in [5.74, 6) is -0.705. The minimum Gasteiger partial charge on any atom is -0.356 e. The molecule has 0 bridgehead atoms. The predicted molar refractivity (Wildman–Crippen MR) is 106 cm³/mol. The number of carbonyl (C=O) groups is 2. The quantitative estimate of drug-likeness (QED) is 0.538. The average molecular weight is 373 g/mol. The number of amides is 1. The second-order valence-corrected chi connectivity index (χ2v) is 6.98. The Morgan fingerprint density at radius 3 is 2.31 bits per heavy atom. The largest absolute Gasteiger partial charge is 0.356 e. The second kappa shape index (κ2) is 10.1. The lowest BCUT2D eigenvalue weighted by atomic mass is 9.90. The van der Waals surface area contributed by atoms with E-state index in [1.807, 2.05) is 44.4 Å². The molecule has 1 amide bonds. The number of carbonyl (C=O) groups excluding carboxylic acids is 2. The van der Waals surface area contributed by atoms with Gasteiger partial charge in [-0.15, -0.1) is 0 Å². The Hall–Kier alpha value is -2.17. The van der Waals surface area contributed by atoms with E-state index in [1.54, 1.807) is 24.3 Å². The minimum absolute atomic E-state index is 0.0472. The highest BCUT2D eigenvalue weighted by Crippen LogP contribution is 2.24. The van der Waals surface area contributed by atoms with E-state index in [-0.39, 0.29) is 18.1 Å². The van der Waals surface area contributed by atoms with Crippen molar-refractivity contribution >= 4 is 23.3 Å². The van der Waals surface area contributed by atoms with Crippen LogP contribution in [0.15, 0.2) is 54.6 Å². The van der Waals surface area contributed by atoms with E-state index in [9.17, 15) is 9.59 Å². The first-order valence-electron chi connectivity index (χ1n) is 8.73. The van der Waals surface area contributed by atoms with Gasteiger partial charge in [-0.05, 0) is 44.8 Å². The third-order valence-electron chi connectivity index (χ3n) is 4.16. The smallest absolute Gasteiger partial charge is 0.228 e. The summed E-state index contributed by atoms with van der Waals surface area (Å²) in [7, 11) is 3.99. The molecule has 0 aromatic heterocycles. The van der Waals surface area contributed by atoms with Crippen molar-refractivity contribution < 1.29 is 9.59 Å². The van der Waals surface area contributed by atoms with Crippen LogP contribution in [0.5, 0.6) is 0 Å². The first-order valence-corrected chi connectivity index (χ1v) is 9.11. The van der Waals surface area contributed by atoms with Crippen LogP contribution in [-0.2, 0) is 4.79 Å². The van der Waals surface area contributed by atoms with Crippen LogP contribution in [0.4, 0.5) is 0 Å². The zero-order chi connectivity index (χ0) is 18.9. The van der Waals surface area contributed by atoms with Crippen molar-refractivity contribution in [1.82, 2.24) is 10.2 Å². The van der Waals surface area contributed by atoms with Crippen LogP contribution >= 0.6 is 11.6 Å². The number of hydrogen-bond acceptors (Lipinski definition) is 3. The number of nitrogens with one attached hydrogen (secondary N) is 1. The fourth-order valence-corrected chi connectivity index (χ4v) is 2.84. The summed E-state index contributed by atoms with van der Waals surface area (Å²) in [6, 6.07) is 16.2. The standard InChI is InChI=1S/C21H25ClN2O2/c1-24(2)14-6-13-23-21(26)19(16-9-11-18(22)12-10-16)15-20(25)17-7-4-3-5-8-17/h3-5,7-12,19H,6,13-15H2,1-2H3,(H,23,26). The van der Waals surface area contributed by atoms with Gasteiger partial charge < -0.3 is 10.2 Å². The summed E-state index contributed by atoms with van der Waals surface area (Å²) in [6.45, 7) is 1.48. The molecule has 2 aromatic carbocycles. The second-order valence-electron chi connectivity index (χ2n) is 6.55. The molecule has 138 valence electrons. The van der Waals surface area contributed by atoms with E-state index >= 15 is 0 Å². The van der Waals surface area contributed by atoms with Gasteiger partial charge in [0.25, 0.3) is 0 Å². The molecule has 0 saturated heterocycles. The van der Waals surface area contributed by atoms with Crippen LogP contribution in [0, 0.1) is 0 Å². The van der Waals surface area contributed by atoms with Crippen molar-refractivity contribution in [2.45, 2.75) is 18.8 Å². The molecule has 0 saturated carbocycles. The topological polar surface area (TPSA) is 49.4 Å². The molecule has 0 aliphatic rings. The van der Waals surface area contributed by atoms with E-state index in [4.69, 9.17) is 11.6 Å². The highest BCUT2D eigenvalue weighted by Gasteiger charge is 2.24. The molecular formula is C21H25ClN2O2. The van der Waals surface area contributed by atoms with Crippen LogP contribution in [0.1, 0.15) is 34.7 Å². The van der Waals surface area contributed by atoms with Crippen molar-refractivity contribution in [1.29, 1.82) is 0 Å². The van der Waals surface area contributed by atoms with Crippen LogP contribution < -0.4 is 5.32 Å². The zero-order valence-corrected chi connectivity index (χ0v) is 16.0. The van der Waals surface area contributed by atoms with Crippen LogP contribution in [0.3, 0.4) is 0 Å². The minimum atomic E-state index is -0.528. The molecule has 0 aliphatic carbocycles. The number of benzene rings is 2. The molecule has 0 heterocycles. The van der Waals surface area contributed by atoms with Crippen molar-refractivity contribution in [2.24, 2.45) is 0 Å². The summed E-state index contributed by atoms with van der Waals surface area (Å²) < 4.78 is 0. The number of rotatable bonds is 9. The van der Waals surface area contributed by atoms with E-state index in [0.29, 0.717) is 17.1 Å².